The SMILES string of the molecule is CC(C)n1nccc1CN1CCC(CN)C1. The number of nitrogens with two attached hydrogens (primary N) is 1. The first-order chi connectivity index (χ1) is 7.70. The van der Waals surface area contributed by atoms with Gasteiger partial charge in [0.05, 0.1) is 5.69 Å². The van der Waals surface area contributed by atoms with E-state index in [1.807, 2.05) is 6.20 Å². The van der Waals surface area contributed by atoms with E-state index in [1.165, 1.54) is 18.7 Å². The minimum Gasteiger partial charge on any atom is -0.330 e. The lowest BCUT2D eigenvalue weighted by Crippen LogP contribution is -2.24. The Kier molecular flexibility index (Phi) is 3.61. The molecule has 1 unspecified atom stereocenters. The van der Waals surface area contributed by atoms with Crippen molar-refractivity contribution in [3.05, 3.63) is 18.0 Å². The molecule has 1 fully saturated rings. The zero-order chi connectivity index (χ0) is 11.5. The summed E-state index contributed by atoms with van der Waals surface area (Å²) in [6.45, 7) is 8.48. The van der Waals surface area contributed by atoms with Crippen LogP contribution >= 0.6 is 0 Å². The fraction of sp³-hybridized carbons (Fsp3) is 0.750. The van der Waals surface area contributed by atoms with Crippen molar-refractivity contribution in [3.63, 3.8) is 0 Å². The molecule has 2 N–H and O–H groups in total. The highest BCUT2D eigenvalue weighted by atomic mass is 15.3. The van der Waals surface area contributed by atoms with Crippen LogP contribution in [-0.2, 0) is 6.54 Å². The van der Waals surface area contributed by atoms with Gasteiger partial charge in [0, 0.05) is 25.3 Å². The van der Waals surface area contributed by atoms with Crippen molar-refractivity contribution < 1.29 is 0 Å². The molecule has 1 aromatic rings. The molecule has 1 saturated heterocycles. The first-order valence-corrected chi connectivity index (χ1v) is 6.15. The summed E-state index contributed by atoms with van der Waals surface area (Å²) in [7, 11) is 0. The number of hydrogen-bond donors (Lipinski definition) is 1. The molecule has 4 nitrogen and oxygen atoms in total. The average Bonchev–Trinajstić information content (AvgIpc) is 2.87. The summed E-state index contributed by atoms with van der Waals surface area (Å²) in [4.78, 5) is 2.48. The summed E-state index contributed by atoms with van der Waals surface area (Å²) in [6.07, 6.45) is 3.14. The Balaban J connectivity index is 1.96. The van der Waals surface area contributed by atoms with Gasteiger partial charge in [-0.25, -0.2) is 0 Å². The summed E-state index contributed by atoms with van der Waals surface area (Å²) in [6, 6.07) is 2.56. The minimum absolute atomic E-state index is 0.443. The van der Waals surface area contributed by atoms with Crippen LogP contribution in [0.2, 0.25) is 0 Å². The predicted molar refractivity (Wildman–Crippen MR) is 65.1 cm³/mol. The Morgan fingerprint density at radius 3 is 3.00 bits per heavy atom. The molecule has 1 aliphatic rings. The molecule has 1 aromatic heterocycles. The summed E-state index contributed by atoms with van der Waals surface area (Å²) < 4.78 is 2.11. The van der Waals surface area contributed by atoms with Crippen molar-refractivity contribution in [1.29, 1.82) is 0 Å². The fourth-order valence-corrected chi connectivity index (χ4v) is 2.41. The van der Waals surface area contributed by atoms with Gasteiger partial charge in [-0.3, -0.25) is 9.58 Å². The lowest BCUT2D eigenvalue weighted by molar-refractivity contribution is 0.302. The Labute approximate surface area is 97.4 Å². The number of hydrogen-bond acceptors (Lipinski definition) is 3. The predicted octanol–water partition coefficient (Wildman–Crippen LogP) is 1.24. The summed E-state index contributed by atoms with van der Waals surface area (Å²) in [5.41, 5.74) is 7.02. The van der Waals surface area contributed by atoms with E-state index in [-0.39, 0.29) is 0 Å². The highest BCUT2D eigenvalue weighted by Gasteiger charge is 2.22. The molecular weight excluding hydrogens is 200 g/mol. The molecule has 0 spiro atoms. The molecule has 0 aliphatic carbocycles. The van der Waals surface area contributed by atoms with Gasteiger partial charge in [0.15, 0.2) is 0 Å². The number of likely N-dealkylation sites (tertiary alicyclic amines) is 1. The van der Waals surface area contributed by atoms with Crippen LogP contribution in [0.1, 0.15) is 32.0 Å². The number of rotatable bonds is 4. The van der Waals surface area contributed by atoms with E-state index >= 15 is 0 Å². The van der Waals surface area contributed by atoms with Crippen molar-refractivity contribution >= 4 is 0 Å². The van der Waals surface area contributed by atoms with Gasteiger partial charge in [-0.05, 0) is 45.3 Å². The molecule has 1 aliphatic heterocycles. The third kappa shape index (κ3) is 2.44. The molecule has 0 radical (unpaired) electrons. The minimum atomic E-state index is 0.443. The lowest BCUT2D eigenvalue weighted by Gasteiger charge is -2.18. The van der Waals surface area contributed by atoms with Gasteiger partial charge in [-0.2, -0.15) is 5.10 Å². The van der Waals surface area contributed by atoms with Crippen LogP contribution in [0.3, 0.4) is 0 Å². The highest BCUT2D eigenvalue weighted by molar-refractivity contribution is 5.02. The van der Waals surface area contributed by atoms with Crippen LogP contribution in [0.4, 0.5) is 0 Å². The molecule has 4 heteroatoms. The van der Waals surface area contributed by atoms with Crippen molar-refractivity contribution in [2.24, 2.45) is 11.7 Å². The van der Waals surface area contributed by atoms with E-state index in [4.69, 9.17) is 5.73 Å². The highest BCUT2D eigenvalue weighted by Crippen LogP contribution is 2.18. The van der Waals surface area contributed by atoms with Crippen LogP contribution in [-0.4, -0.2) is 34.3 Å². The van der Waals surface area contributed by atoms with E-state index in [0.29, 0.717) is 12.0 Å². The average molecular weight is 222 g/mol. The molecular formula is C12H22N4. The smallest absolute Gasteiger partial charge is 0.0527 e. The largest absolute Gasteiger partial charge is 0.330 e. The molecule has 2 rings (SSSR count). The first kappa shape index (κ1) is 11.6. The molecule has 0 amide bonds. The van der Waals surface area contributed by atoms with Crippen LogP contribution in [0.25, 0.3) is 0 Å². The van der Waals surface area contributed by atoms with Crippen molar-refractivity contribution in [2.75, 3.05) is 19.6 Å². The quantitative estimate of drug-likeness (QED) is 0.834. The fourth-order valence-electron chi connectivity index (χ4n) is 2.41. The van der Waals surface area contributed by atoms with E-state index in [0.717, 1.165) is 19.6 Å². The Bertz CT molecular complexity index is 332. The topological polar surface area (TPSA) is 47.1 Å². The Morgan fingerprint density at radius 1 is 1.56 bits per heavy atom. The van der Waals surface area contributed by atoms with Crippen molar-refractivity contribution in [3.8, 4) is 0 Å². The van der Waals surface area contributed by atoms with E-state index in [1.54, 1.807) is 0 Å². The second-order valence-corrected chi connectivity index (χ2v) is 4.99. The van der Waals surface area contributed by atoms with Crippen molar-refractivity contribution in [1.82, 2.24) is 14.7 Å². The van der Waals surface area contributed by atoms with E-state index < -0.39 is 0 Å². The monoisotopic (exact) mass is 222 g/mol. The van der Waals surface area contributed by atoms with Crippen LogP contribution in [0.15, 0.2) is 12.3 Å². The molecule has 0 saturated carbocycles. The summed E-state index contributed by atoms with van der Waals surface area (Å²) in [5.74, 6) is 0.690. The second-order valence-electron chi connectivity index (χ2n) is 4.99. The molecule has 0 bridgehead atoms. The van der Waals surface area contributed by atoms with Gasteiger partial charge in [0.25, 0.3) is 0 Å². The molecule has 1 atom stereocenters. The molecule has 90 valence electrons. The summed E-state index contributed by atoms with van der Waals surface area (Å²) in [5, 5.41) is 4.36. The number of aromatic nitrogens is 2. The molecule has 0 aromatic carbocycles. The normalized spacial score (nSPS) is 22.1. The first-order valence-electron chi connectivity index (χ1n) is 6.15. The van der Waals surface area contributed by atoms with Gasteiger partial charge < -0.3 is 5.73 Å². The lowest BCUT2D eigenvalue weighted by atomic mass is 10.1. The maximum Gasteiger partial charge on any atom is 0.0527 e. The van der Waals surface area contributed by atoms with E-state index in [9.17, 15) is 0 Å². The van der Waals surface area contributed by atoms with Gasteiger partial charge in [-0.15, -0.1) is 0 Å². The van der Waals surface area contributed by atoms with Gasteiger partial charge in [-0.1, -0.05) is 0 Å². The van der Waals surface area contributed by atoms with Crippen LogP contribution < -0.4 is 5.73 Å². The zero-order valence-electron chi connectivity index (χ0n) is 10.3. The Hall–Kier alpha value is -0.870. The van der Waals surface area contributed by atoms with Crippen LogP contribution in [0.5, 0.6) is 0 Å². The van der Waals surface area contributed by atoms with E-state index in [2.05, 4.69) is 34.6 Å². The molecule has 16 heavy (non-hydrogen) atoms. The number of nitrogens with zero attached hydrogens (tertiary/aromatic N) is 3. The maximum atomic E-state index is 5.70. The third-order valence-corrected chi connectivity index (χ3v) is 3.33. The van der Waals surface area contributed by atoms with Crippen molar-refractivity contribution in [2.45, 2.75) is 32.9 Å². The zero-order valence-corrected chi connectivity index (χ0v) is 10.3. The van der Waals surface area contributed by atoms with Gasteiger partial charge >= 0.3 is 0 Å². The van der Waals surface area contributed by atoms with Crippen LogP contribution in [0, 0.1) is 5.92 Å². The molecule has 2 heterocycles. The third-order valence-electron chi connectivity index (χ3n) is 3.33. The van der Waals surface area contributed by atoms with Gasteiger partial charge in [0.1, 0.15) is 0 Å². The van der Waals surface area contributed by atoms with Gasteiger partial charge in [0.2, 0.25) is 0 Å². The second kappa shape index (κ2) is 4.97. The maximum absolute atomic E-state index is 5.70. The Morgan fingerprint density at radius 2 is 2.38 bits per heavy atom. The summed E-state index contributed by atoms with van der Waals surface area (Å²) >= 11 is 0. The standard InChI is InChI=1S/C12H22N4/c1-10(2)16-12(3-5-14-16)9-15-6-4-11(7-13)8-15/h3,5,10-11H,4,6-9,13H2,1-2H3.